The highest BCUT2D eigenvalue weighted by molar-refractivity contribution is 5.86. The van der Waals surface area contributed by atoms with Crippen molar-refractivity contribution in [1.29, 1.82) is 0 Å². The Morgan fingerprint density at radius 3 is 2.44 bits per heavy atom. The number of primary amides is 1. The first kappa shape index (κ1) is 15.8. The molecule has 18 heavy (non-hydrogen) atoms. The van der Waals surface area contributed by atoms with Gasteiger partial charge in [-0.1, -0.05) is 6.92 Å². The summed E-state index contributed by atoms with van der Waals surface area (Å²) in [6.07, 6.45) is 6.07. The zero-order chi connectivity index (χ0) is 14.1. The van der Waals surface area contributed by atoms with Crippen molar-refractivity contribution in [1.82, 2.24) is 10.2 Å². The molecule has 7 nitrogen and oxygen atoms in total. The van der Waals surface area contributed by atoms with Gasteiger partial charge in [-0.25, -0.2) is 4.79 Å². The second-order valence-corrected chi connectivity index (χ2v) is 3.68. The SMILES string of the molecule is C#CCC(CC)NC(=O)N(CC(N)=O)CC(=O)O. The molecular formula is C11H17N3O4. The maximum Gasteiger partial charge on any atom is 0.323 e. The van der Waals surface area contributed by atoms with Gasteiger partial charge in [0.15, 0.2) is 0 Å². The van der Waals surface area contributed by atoms with Gasteiger partial charge >= 0.3 is 12.0 Å². The molecule has 0 aliphatic carbocycles. The van der Waals surface area contributed by atoms with Crippen LogP contribution in [-0.2, 0) is 9.59 Å². The fraction of sp³-hybridized carbons (Fsp3) is 0.545. The Labute approximate surface area is 105 Å². The van der Waals surface area contributed by atoms with Gasteiger partial charge in [0, 0.05) is 12.5 Å². The van der Waals surface area contributed by atoms with Crippen LogP contribution >= 0.6 is 0 Å². The highest BCUT2D eigenvalue weighted by atomic mass is 16.4. The van der Waals surface area contributed by atoms with E-state index in [9.17, 15) is 14.4 Å². The van der Waals surface area contributed by atoms with Gasteiger partial charge in [0.25, 0.3) is 0 Å². The number of carbonyl (C=O) groups is 3. The Morgan fingerprint density at radius 2 is 2.06 bits per heavy atom. The van der Waals surface area contributed by atoms with E-state index in [4.69, 9.17) is 17.3 Å². The summed E-state index contributed by atoms with van der Waals surface area (Å²) < 4.78 is 0. The maximum atomic E-state index is 11.7. The second-order valence-electron chi connectivity index (χ2n) is 3.68. The molecule has 0 aliphatic heterocycles. The summed E-state index contributed by atoms with van der Waals surface area (Å²) in [5, 5.41) is 11.2. The Balaban J connectivity index is 4.58. The number of nitrogens with zero attached hydrogens (tertiary/aromatic N) is 1. The van der Waals surface area contributed by atoms with Crippen molar-refractivity contribution >= 4 is 17.9 Å². The lowest BCUT2D eigenvalue weighted by Crippen LogP contribution is -2.49. The van der Waals surface area contributed by atoms with E-state index >= 15 is 0 Å². The lowest BCUT2D eigenvalue weighted by molar-refractivity contribution is -0.137. The molecule has 1 unspecified atom stereocenters. The summed E-state index contributed by atoms with van der Waals surface area (Å²) in [6.45, 7) is 0.782. The van der Waals surface area contributed by atoms with Crippen LogP contribution in [-0.4, -0.2) is 47.0 Å². The maximum absolute atomic E-state index is 11.7. The minimum atomic E-state index is -1.23. The Bertz CT molecular complexity index is 346. The number of carboxylic acids is 1. The van der Waals surface area contributed by atoms with Gasteiger partial charge < -0.3 is 21.1 Å². The molecular weight excluding hydrogens is 238 g/mol. The average molecular weight is 255 g/mol. The summed E-state index contributed by atoms with van der Waals surface area (Å²) in [4.78, 5) is 33.9. The molecule has 0 aromatic carbocycles. The molecule has 0 aliphatic rings. The van der Waals surface area contributed by atoms with Crippen molar-refractivity contribution in [2.75, 3.05) is 13.1 Å². The summed E-state index contributed by atoms with van der Waals surface area (Å²) in [5.74, 6) is 0.397. The van der Waals surface area contributed by atoms with E-state index in [1.807, 2.05) is 6.92 Å². The van der Waals surface area contributed by atoms with Gasteiger partial charge in [0.1, 0.15) is 13.1 Å². The number of nitrogens with one attached hydrogen (secondary N) is 1. The van der Waals surface area contributed by atoms with E-state index in [0.717, 1.165) is 4.90 Å². The van der Waals surface area contributed by atoms with Crippen LogP contribution < -0.4 is 11.1 Å². The molecule has 0 bridgehead atoms. The van der Waals surface area contributed by atoms with Crippen molar-refractivity contribution in [3.63, 3.8) is 0 Å². The Morgan fingerprint density at radius 1 is 1.44 bits per heavy atom. The number of urea groups is 1. The molecule has 7 heteroatoms. The van der Waals surface area contributed by atoms with E-state index < -0.39 is 31.0 Å². The van der Waals surface area contributed by atoms with Gasteiger partial charge in [-0.3, -0.25) is 9.59 Å². The molecule has 1 atom stereocenters. The number of aliphatic carboxylic acids is 1. The molecule has 0 heterocycles. The van der Waals surface area contributed by atoms with Crippen LogP contribution in [0.1, 0.15) is 19.8 Å². The lowest BCUT2D eigenvalue weighted by atomic mass is 10.1. The molecule has 0 saturated carbocycles. The van der Waals surface area contributed by atoms with E-state index in [0.29, 0.717) is 12.8 Å². The van der Waals surface area contributed by atoms with Crippen LogP contribution in [0.5, 0.6) is 0 Å². The van der Waals surface area contributed by atoms with Crippen LogP contribution in [0, 0.1) is 12.3 Å². The minimum Gasteiger partial charge on any atom is -0.480 e. The minimum absolute atomic E-state index is 0.258. The fourth-order valence-electron chi connectivity index (χ4n) is 1.26. The quantitative estimate of drug-likeness (QED) is 0.525. The molecule has 0 spiro atoms. The van der Waals surface area contributed by atoms with Gasteiger partial charge in [0.05, 0.1) is 0 Å². The summed E-state index contributed by atoms with van der Waals surface area (Å²) in [5.41, 5.74) is 4.94. The molecule has 3 amide bonds. The third kappa shape index (κ3) is 6.37. The molecule has 0 fully saturated rings. The predicted octanol–water partition coefficient (Wildman–Crippen LogP) is -0.630. The van der Waals surface area contributed by atoms with Gasteiger partial charge in [-0.15, -0.1) is 12.3 Å². The molecule has 0 rings (SSSR count). The second kappa shape index (κ2) is 7.95. The van der Waals surface area contributed by atoms with Crippen LogP contribution in [0.2, 0.25) is 0 Å². The van der Waals surface area contributed by atoms with Crippen LogP contribution in [0.3, 0.4) is 0 Å². The Kier molecular flexibility index (Phi) is 6.96. The van der Waals surface area contributed by atoms with Crippen molar-refractivity contribution in [3.05, 3.63) is 0 Å². The zero-order valence-electron chi connectivity index (χ0n) is 10.2. The third-order valence-corrected chi connectivity index (χ3v) is 2.14. The fourth-order valence-corrected chi connectivity index (χ4v) is 1.26. The number of hydrogen-bond donors (Lipinski definition) is 3. The molecule has 0 aromatic heterocycles. The monoisotopic (exact) mass is 255 g/mol. The zero-order valence-corrected chi connectivity index (χ0v) is 10.2. The van der Waals surface area contributed by atoms with Crippen molar-refractivity contribution < 1.29 is 19.5 Å². The van der Waals surface area contributed by atoms with E-state index in [-0.39, 0.29) is 6.04 Å². The molecule has 0 saturated heterocycles. The Hall–Kier alpha value is -2.23. The molecule has 0 radical (unpaired) electrons. The number of nitrogens with two attached hydrogens (primary N) is 1. The van der Waals surface area contributed by atoms with E-state index in [1.54, 1.807) is 0 Å². The average Bonchev–Trinajstić information content (AvgIpc) is 2.26. The smallest absolute Gasteiger partial charge is 0.323 e. The summed E-state index contributed by atoms with van der Waals surface area (Å²) >= 11 is 0. The molecule has 0 aromatic rings. The highest BCUT2D eigenvalue weighted by Crippen LogP contribution is 1.98. The first-order valence-electron chi connectivity index (χ1n) is 5.39. The third-order valence-electron chi connectivity index (χ3n) is 2.14. The van der Waals surface area contributed by atoms with Crippen LogP contribution in [0.25, 0.3) is 0 Å². The van der Waals surface area contributed by atoms with Crippen molar-refractivity contribution in [2.24, 2.45) is 5.73 Å². The molecule has 4 N–H and O–H groups in total. The standard InChI is InChI=1S/C11H17N3O4/c1-3-5-8(4-2)13-11(18)14(6-9(12)15)7-10(16)17/h1,8H,4-7H2,2H3,(H2,12,15)(H,13,18)(H,16,17). The number of hydrogen-bond acceptors (Lipinski definition) is 3. The first-order valence-corrected chi connectivity index (χ1v) is 5.39. The highest BCUT2D eigenvalue weighted by Gasteiger charge is 2.20. The number of rotatable bonds is 7. The number of terminal acetylenes is 1. The summed E-state index contributed by atoms with van der Waals surface area (Å²) in [6, 6.07) is -0.926. The van der Waals surface area contributed by atoms with Gasteiger partial charge in [-0.2, -0.15) is 0 Å². The van der Waals surface area contributed by atoms with E-state index in [1.165, 1.54) is 0 Å². The largest absolute Gasteiger partial charge is 0.480 e. The lowest BCUT2D eigenvalue weighted by Gasteiger charge is -2.22. The number of carboxylic acid groups (broad SMARTS) is 1. The number of carbonyl (C=O) groups excluding carboxylic acids is 2. The topological polar surface area (TPSA) is 113 Å². The van der Waals surface area contributed by atoms with Gasteiger partial charge in [0.2, 0.25) is 5.91 Å². The van der Waals surface area contributed by atoms with Gasteiger partial charge in [-0.05, 0) is 6.42 Å². The summed E-state index contributed by atoms with van der Waals surface area (Å²) in [7, 11) is 0. The van der Waals surface area contributed by atoms with Crippen molar-refractivity contribution in [2.45, 2.75) is 25.8 Å². The molecule has 100 valence electrons. The normalized spacial score (nSPS) is 11.1. The van der Waals surface area contributed by atoms with E-state index in [2.05, 4.69) is 11.2 Å². The number of amides is 3. The first-order chi connectivity index (χ1) is 8.40. The van der Waals surface area contributed by atoms with Crippen LogP contribution in [0.4, 0.5) is 4.79 Å². The van der Waals surface area contributed by atoms with Crippen LogP contribution in [0.15, 0.2) is 0 Å². The van der Waals surface area contributed by atoms with Crippen molar-refractivity contribution in [3.8, 4) is 12.3 Å². The predicted molar refractivity (Wildman–Crippen MR) is 64.5 cm³/mol.